The SMILES string of the molecule is N#C/C(=C\c1ccc(N2CCOCC2)o1)C(=O)Nc1ccccc1I. The third kappa shape index (κ3) is 4.41. The first-order chi connectivity index (χ1) is 12.2. The number of nitrogens with one attached hydrogen (secondary N) is 1. The van der Waals surface area contributed by atoms with E-state index in [0.717, 1.165) is 16.7 Å². The molecule has 0 spiro atoms. The first-order valence-corrected chi connectivity index (χ1v) is 8.85. The fourth-order valence-electron chi connectivity index (χ4n) is 2.42. The van der Waals surface area contributed by atoms with E-state index < -0.39 is 5.91 Å². The number of morpholine rings is 1. The third-order valence-corrected chi connectivity index (χ3v) is 4.65. The quantitative estimate of drug-likeness (QED) is 0.441. The van der Waals surface area contributed by atoms with E-state index >= 15 is 0 Å². The molecule has 2 heterocycles. The maximum atomic E-state index is 12.3. The van der Waals surface area contributed by atoms with E-state index in [1.807, 2.05) is 30.3 Å². The number of benzene rings is 1. The first-order valence-electron chi connectivity index (χ1n) is 7.77. The van der Waals surface area contributed by atoms with Gasteiger partial charge in [-0.2, -0.15) is 5.26 Å². The van der Waals surface area contributed by atoms with Gasteiger partial charge in [-0.05, 0) is 40.8 Å². The number of hydrogen-bond acceptors (Lipinski definition) is 5. The van der Waals surface area contributed by atoms with Crippen molar-refractivity contribution in [2.24, 2.45) is 0 Å². The summed E-state index contributed by atoms with van der Waals surface area (Å²) in [5.74, 6) is 0.719. The highest BCUT2D eigenvalue weighted by molar-refractivity contribution is 14.1. The Kier molecular flexibility index (Phi) is 5.73. The zero-order chi connectivity index (χ0) is 17.6. The minimum atomic E-state index is -0.462. The fraction of sp³-hybridized carbons (Fsp3) is 0.222. The smallest absolute Gasteiger partial charge is 0.266 e. The standard InChI is InChI=1S/C18H16IN3O3/c19-15-3-1-2-4-16(15)21-18(23)13(12-20)11-14-5-6-17(25-14)22-7-9-24-10-8-22/h1-6,11H,7-10H2,(H,21,23)/b13-11+. The van der Waals surface area contributed by atoms with Crippen LogP contribution in [0.3, 0.4) is 0 Å². The molecular weight excluding hydrogens is 433 g/mol. The lowest BCUT2D eigenvalue weighted by molar-refractivity contribution is -0.112. The Morgan fingerprint density at radius 2 is 2.00 bits per heavy atom. The molecule has 128 valence electrons. The average Bonchev–Trinajstić information content (AvgIpc) is 3.11. The molecule has 0 saturated carbocycles. The lowest BCUT2D eigenvalue weighted by Crippen LogP contribution is -2.35. The van der Waals surface area contributed by atoms with Crippen LogP contribution < -0.4 is 10.2 Å². The van der Waals surface area contributed by atoms with Crippen LogP contribution in [0.1, 0.15) is 5.76 Å². The second kappa shape index (κ2) is 8.18. The molecule has 0 atom stereocenters. The van der Waals surface area contributed by atoms with Crippen molar-refractivity contribution in [2.45, 2.75) is 0 Å². The van der Waals surface area contributed by atoms with E-state index in [0.29, 0.717) is 30.5 Å². The van der Waals surface area contributed by atoms with Crippen molar-refractivity contribution in [3.05, 3.63) is 51.3 Å². The van der Waals surface area contributed by atoms with Gasteiger partial charge in [0.1, 0.15) is 17.4 Å². The van der Waals surface area contributed by atoms with Crippen LogP contribution in [0.4, 0.5) is 11.6 Å². The molecular formula is C18H16IN3O3. The first kappa shape index (κ1) is 17.5. The number of hydrogen-bond donors (Lipinski definition) is 1. The molecule has 7 heteroatoms. The molecule has 25 heavy (non-hydrogen) atoms. The zero-order valence-corrected chi connectivity index (χ0v) is 15.5. The fourth-order valence-corrected chi connectivity index (χ4v) is 2.94. The zero-order valence-electron chi connectivity index (χ0n) is 13.4. The van der Waals surface area contributed by atoms with Gasteiger partial charge in [-0.15, -0.1) is 0 Å². The van der Waals surface area contributed by atoms with E-state index in [4.69, 9.17) is 9.15 Å². The minimum Gasteiger partial charge on any atom is -0.441 e. The molecule has 1 aliphatic heterocycles. The van der Waals surface area contributed by atoms with Gasteiger partial charge in [0, 0.05) is 28.8 Å². The largest absolute Gasteiger partial charge is 0.441 e. The van der Waals surface area contributed by atoms with Gasteiger partial charge in [0.05, 0.1) is 18.9 Å². The molecule has 2 aromatic rings. The number of anilines is 2. The van der Waals surface area contributed by atoms with Crippen molar-refractivity contribution in [2.75, 3.05) is 36.5 Å². The second-order valence-electron chi connectivity index (χ2n) is 5.38. The summed E-state index contributed by atoms with van der Waals surface area (Å²) in [6, 6.07) is 12.9. The molecule has 0 radical (unpaired) electrons. The highest BCUT2D eigenvalue weighted by Gasteiger charge is 2.16. The summed E-state index contributed by atoms with van der Waals surface area (Å²) in [5.41, 5.74) is 0.658. The van der Waals surface area contributed by atoms with Gasteiger partial charge in [0.25, 0.3) is 5.91 Å². The molecule has 0 unspecified atom stereocenters. The van der Waals surface area contributed by atoms with Gasteiger partial charge in [0.2, 0.25) is 0 Å². The van der Waals surface area contributed by atoms with Crippen molar-refractivity contribution < 1.29 is 13.9 Å². The summed E-state index contributed by atoms with van der Waals surface area (Å²) >= 11 is 2.13. The number of amides is 1. The number of para-hydroxylation sites is 1. The number of furan rings is 1. The van der Waals surface area contributed by atoms with Crippen LogP contribution in [0.15, 0.2) is 46.4 Å². The van der Waals surface area contributed by atoms with Gasteiger partial charge in [-0.25, -0.2) is 0 Å². The predicted octanol–water partition coefficient (Wildman–Crippen LogP) is 3.27. The van der Waals surface area contributed by atoms with Crippen LogP contribution in [0.5, 0.6) is 0 Å². The molecule has 1 aromatic carbocycles. The molecule has 1 N–H and O–H groups in total. The van der Waals surface area contributed by atoms with E-state index in [9.17, 15) is 10.1 Å². The molecule has 0 bridgehead atoms. The molecule has 1 aromatic heterocycles. The van der Waals surface area contributed by atoms with Crippen LogP contribution in [0.25, 0.3) is 6.08 Å². The Balaban J connectivity index is 1.74. The minimum absolute atomic E-state index is 0.0115. The van der Waals surface area contributed by atoms with Crippen LogP contribution in [-0.4, -0.2) is 32.2 Å². The van der Waals surface area contributed by atoms with Gasteiger partial charge in [-0.1, -0.05) is 12.1 Å². The topological polar surface area (TPSA) is 78.5 Å². The van der Waals surface area contributed by atoms with Crippen LogP contribution in [-0.2, 0) is 9.53 Å². The summed E-state index contributed by atoms with van der Waals surface area (Å²) in [7, 11) is 0. The lowest BCUT2D eigenvalue weighted by atomic mass is 10.2. The summed E-state index contributed by atoms with van der Waals surface area (Å²) < 4.78 is 12.0. The number of rotatable bonds is 4. The highest BCUT2D eigenvalue weighted by atomic mass is 127. The molecule has 3 rings (SSSR count). The monoisotopic (exact) mass is 449 g/mol. The Hall–Kier alpha value is -2.31. The Labute approximate surface area is 159 Å². The molecule has 1 amide bonds. The number of carbonyl (C=O) groups excluding carboxylic acids is 1. The normalized spacial score (nSPS) is 14.9. The van der Waals surface area contributed by atoms with E-state index in [1.165, 1.54) is 6.08 Å². The maximum Gasteiger partial charge on any atom is 0.266 e. The van der Waals surface area contributed by atoms with Crippen molar-refractivity contribution in [1.82, 2.24) is 0 Å². The third-order valence-electron chi connectivity index (χ3n) is 3.71. The highest BCUT2D eigenvalue weighted by Crippen LogP contribution is 2.22. The van der Waals surface area contributed by atoms with E-state index in [1.54, 1.807) is 12.1 Å². The molecule has 6 nitrogen and oxygen atoms in total. The molecule has 0 aliphatic carbocycles. The summed E-state index contributed by atoms with van der Waals surface area (Å²) in [4.78, 5) is 14.4. The Bertz CT molecular complexity index is 832. The molecule has 1 saturated heterocycles. The predicted molar refractivity (Wildman–Crippen MR) is 103 cm³/mol. The van der Waals surface area contributed by atoms with Crippen molar-refractivity contribution in [3.63, 3.8) is 0 Å². The van der Waals surface area contributed by atoms with Crippen LogP contribution in [0, 0.1) is 14.9 Å². The summed E-state index contributed by atoms with van der Waals surface area (Å²) in [5, 5.41) is 12.1. The molecule has 1 fully saturated rings. The lowest BCUT2D eigenvalue weighted by Gasteiger charge is -2.26. The van der Waals surface area contributed by atoms with Crippen LogP contribution in [0.2, 0.25) is 0 Å². The van der Waals surface area contributed by atoms with Gasteiger partial charge in [0.15, 0.2) is 5.88 Å². The van der Waals surface area contributed by atoms with Gasteiger partial charge in [-0.3, -0.25) is 4.79 Å². The van der Waals surface area contributed by atoms with Gasteiger partial charge < -0.3 is 19.4 Å². The number of ether oxygens (including phenoxy) is 1. The second-order valence-corrected chi connectivity index (χ2v) is 6.54. The Morgan fingerprint density at radius 1 is 1.24 bits per heavy atom. The van der Waals surface area contributed by atoms with Crippen molar-refractivity contribution in [1.29, 1.82) is 5.26 Å². The van der Waals surface area contributed by atoms with Crippen molar-refractivity contribution in [3.8, 4) is 6.07 Å². The number of nitriles is 1. The van der Waals surface area contributed by atoms with Crippen molar-refractivity contribution >= 4 is 46.1 Å². The summed E-state index contributed by atoms with van der Waals surface area (Å²) in [6.07, 6.45) is 1.45. The maximum absolute atomic E-state index is 12.3. The van der Waals surface area contributed by atoms with Crippen LogP contribution >= 0.6 is 22.6 Å². The summed E-state index contributed by atoms with van der Waals surface area (Å²) in [6.45, 7) is 2.84. The molecule has 1 aliphatic rings. The van der Waals surface area contributed by atoms with Gasteiger partial charge >= 0.3 is 0 Å². The average molecular weight is 449 g/mol. The number of nitrogens with zero attached hydrogens (tertiary/aromatic N) is 2. The number of halogens is 1. The number of carbonyl (C=O) groups is 1. The Morgan fingerprint density at radius 3 is 2.72 bits per heavy atom. The van der Waals surface area contributed by atoms with E-state index in [-0.39, 0.29) is 5.57 Å². The van der Waals surface area contributed by atoms with E-state index in [2.05, 4.69) is 32.8 Å².